The van der Waals surface area contributed by atoms with E-state index in [1.54, 1.807) is 37.7 Å². The molecule has 2 aromatic carbocycles. The monoisotopic (exact) mass is 625 g/mol. The van der Waals surface area contributed by atoms with Gasteiger partial charge in [0.05, 0.1) is 19.1 Å². The molecule has 1 N–H and O–H groups in total. The number of anilines is 1. The quantitative estimate of drug-likeness (QED) is 0.303. The Hall–Kier alpha value is -2.64. The van der Waals surface area contributed by atoms with Crippen LogP contribution < -0.4 is 19.7 Å². The molecule has 0 unspecified atom stereocenters. The number of carbonyl (C=O) groups excluding carboxylic acids is 1. The second-order valence-corrected chi connectivity index (χ2v) is 12.6. The highest BCUT2D eigenvalue weighted by Crippen LogP contribution is 2.40. The number of fused-ring (bicyclic) bond motifs is 1. The van der Waals surface area contributed by atoms with Gasteiger partial charge < -0.3 is 19.7 Å². The molecule has 0 aliphatic carbocycles. The van der Waals surface area contributed by atoms with Crippen LogP contribution in [-0.2, 0) is 10.0 Å². The maximum Gasteiger partial charge on any atom is 0.251 e. The fraction of sp³-hybridized carbons (Fsp3) is 0.500. The molecule has 4 rings (SSSR count). The van der Waals surface area contributed by atoms with Crippen LogP contribution in [0, 0.1) is 0 Å². The van der Waals surface area contributed by atoms with Crippen molar-refractivity contribution in [2.24, 2.45) is 0 Å². The van der Waals surface area contributed by atoms with E-state index >= 15 is 0 Å². The van der Waals surface area contributed by atoms with Crippen molar-refractivity contribution in [2.75, 3.05) is 71.5 Å². The van der Waals surface area contributed by atoms with E-state index in [1.807, 2.05) is 26.0 Å². The van der Waals surface area contributed by atoms with Gasteiger partial charge in [0.2, 0.25) is 10.0 Å². The van der Waals surface area contributed by atoms with Gasteiger partial charge in [-0.3, -0.25) is 9.69 Å². The third kappa shape index (κ3) is 7.61. The van der Waals surface area contributed by atoms with Gasteiger partial charge in [-0.05, 0) is 49.2 Å². The zero-order chi connectivity index (χ0) is 28.7. The Bertz CT molecular complexity index is 1350. The van der Waals surface area contributed by atoms with Crippen LogP contribution in [0.4, 0.5) is 5.13 Å². The molecule has 0 radical (unpaired) electrons. The Kier molecular flexibility index (Phi) is 12.0. The maximum absolute atomic E-state index is 13.0. The normalized spacial score (nSPS) is 14.2. The van der Waals surface area contributed by atoms with Gasteiger partial charge >= 0.3 is 0 Å². The minimum Gasteiger partial charge on any atom is -0.495 e. The summed E-state index contributed by atoms with van der Waals surface area (Å²) in [6, 6.07) is 9.99. The number of nitrogens with zero attached hydrogens (tertiary/aromatic N) is 4. The number of carbonyl (C=O) groups is 1. The number of piperazine rings is 1. The summed E-state index contributed by atoms with van der Waals surface area (Å²) in [5, 5.41) is 3.91. The molecule has 1 amide bonds. The van der Waals surface area contributed by atoms with Gasteiger partial charge in [0.1, 0.15) is 21.7 Å². The first-order valence-electron chi connectivity index (χ1n) is 13.7. The highest BCUT2D eigenvalue weighted by molar-refractivity contribution is 7.89. The van der Waals surface area contributed by atoms with E-state index in [0.717, 1.165) is 72.4 Å². The molecule has 0 saturated carbocycles. The molecule has 1 aliphatic heterocycles. The smallest absolute Gasteiger partial charge is 0.251 e. The zero-order valence-corrected chi connectivity index (χ0v) is 26.5. The third-order valence-electron chi connectivity index (χ3n) is 6.96. The number of ether oxygens (including phenoxy) is 2. The summed E-state index contributed by atoms with van der Waals surface area (Å²) in [5.41, 5.74) is 1.26. The maximum atomic E-state index is 13.0. The fourth-order valence-electron chi connectivity index (χ4n) is 4.78. The van der Waals surface area contributed by atoms with Gasteiger partial charge in [-0.25, -0.2) is 13.4 Å². The molecule has 1 saturated heterocycles. The van der Waals surface area contributed by atoms with E-state index in [4.69, 9.17) is 14.5 Å². The zero-order valence-electron chi connectivity index (χ0n) is 24.1. The van der Waals surface area contributed by atoms with Gasteiger partial charge in [0.15, 0.2) is 5.13 Å². The summed E-state index contributed by atoms with van der Waals surface area (Å²) >= 11 is 1.61. The molecule has 41 heavy (non-hydrogen) atoms. The molecule has 226 valence electrons. The predicted molar refractivity (Wildman–Crippen MR) is 167 cm³/mol. The summed E-state index contributed by atoms with van der Waals surface area (Å²) in [6.07, 6.45) is 1.50. The van der Waals surface area contributed by atoms with Crippen LogP contribution in [0.3, 0.4) is 0 Å². The van der Waals surface area contributed by atoms with Gasteiger partial charge in [-0.2, -0.15) is 4.31 Å². The predicted octanol–water partition coefficient (Wildman–Crippen LogP) is 4.10. The Morgan fingerprint density at radius 3 is 2.17 bits per heavy atom. The number of aromatic nitrogens is 1. The first-order chi connectivity index (χ1) is 19.3. The number of amides is 1. The van der Waals surface area contributed by atoms with Gasteiger partial charge in [0, 0.05) is 57.9 Å². The lowest BCUT2D eigenvalue weighted by Crippen LogP contribution is -2.48. The Labute approximate surface area is 253 Å². The third-order valence-corrected chi connectivity index (χ3v) is 10.00. The van der Waals surface area contributed by atoms with Crippen molar-refractivity contribution in [1.82, 2.24) is 19.5 Å². The number of methoxy groups -OCH3 is 2. The lowest BCUT2D eigenvalue weighted by atomic mass is 10.2. The van der Waals surface area contributed by atoms with Crippen molar-refractivity contribution < 1.29 is 22.7 Å². The first kappa shape index (κ1) is 32.9. The Balaban J connectivity index is 0.00000462. The van der Waals surface area contributed by atoms with Crippen molar-refractivity contribution in [2.45, 2.75) is 31.6 Å². The van der Waals surface area contributed by atoms with E-state index < -0.39 is 10.0 Å². The standard InChI is InChI=1S/C28H39N5O5S2.ClH/c1-5-14-33(15-6-2)40(35,36)22-9-7-21(8-10-22)27(34)29-13-16-31-17-19-32(20-18-31)28-30-25-23(37-3)11-12-24(38-4)26(25)39-28;/h7-12H,5-6,13-20H2,1-4H3,(H,29,34);1H. The van der Waals surface area contributed by atoms with Crippen LogP contribution in [0.1, 0.15) is 37.0 Å². The van der Waals surface area contributed by atoms with E-state index in [-0.39, 0.29) is 23.2 Å². The number of rotatable bonds is 13. The van der Waals surface area contributed by atoms with Gasteiger partial charge in [0.25, 0.3) is 5.91 Å². The number of hydrogen-bond acceptors (Lipinski definition) is 9. The largest absolute Gasteiger partial charge is 0.495 e. The van der Waals surface area contributed by atoms with Crippen molar-refractivity contribution in [3.05, 3.63) is 42.0 Å². The number of thiazole rings is 1. The summed E-state index contributed by atoms with van der Waals surface area (Å²) in [4.78, 5) is 22.3. The molecule has 1 aliphatic rings. The van der Waals surface area contributed by atoms with Gasteiger partial charge in [-0.1, -0.05) is 25.2 Å². The lowest BCUT2D eigenvalue weighted by Gasteiger charge is -2.34. The van der Waals surface area contributed by atoms with Gasteiger partial charge in [-0.15, -0.1) is 12.4 Å². The molecule has 13 heteroatoms. The molecule has 0 spiro atoms. The van der Waals surface area contributed by atoms with Crippen LogP contribution >= 0.6 is 23.7 Å². The SMILES string of the molecule is CCCN(CCC)S(=O)(=O)c1ccc(C(=O)NCCN2CCN(c3nc4c(OC)ccc(OC)c4s3)CC2)cc1.Cl. The lowest BCUT2D eigenvalue weighted by molar-refractivity contribution is 0.0947. The molecular formula is C28H40ClN5O5S2. The number of sulfonamides is 1. The van der Waals surface area contributed by atoms with Crippen LogP contribution in [0.25, 0.3) is 10.2 Å². The topological polar surface area (TPSA) is 104 Å². The summed E-state index contributed by atoms with van der Waals surface area (Å²) < 4.78 is 39.4. The average Bonchev–Trinajstić information content (AvgIpc) is 3.42. The molecule has 0 bridgehead atoms. The Morgan fingerprint density at radius 2 is 1.59 bits per heavy atom. The minimum absolute atomic E-state index is 0. The average molecular weight is 626 g/mol. The summed E-state index contributed by atoms with van der Waals surface area (Å²) in [7, 11) is -0.259. The van der Waals surface area contributed by atoms with Crippen molar-refractivity contribution in [1.29, 1.82) is 0 Å². The van der Waals surface area contributed by atoms with E-state index in [9.17, 15) is 13.2 Å². The second kappa shape index (κ2) is 15.0. The van der Waals surface area contributed by atoms with Crippen LogP contribution in [0.15, 0.2) is 41.3 Å². The summed E-state index contributed by atoms with van der Waals surface area (Å²) in [6.45, 7) is 9.52. The molecule has 2 heterocycles. The molecule has 3 aromatic rings. The number of halogens is 1. The molecule has 1 aromatic heterocycles. The number of nitrogens with one attached hydrogen (secondary N) is 1. The molecule has 0 atom stereocenters. The van der Waals surface area contributed by atoms with E-state index in [2.05, 4.69) is 15.1 Å². The molecular weight excluding hydrogens is 586 g/mol. The number of benzene rings is 2. The van der Waals surface area contributed by atoms with E-state index in [1.165, 1.54) is 16.4 Å². The minimum atomic E-state index is -3.56. The Morgan fingerprint density at radius 1 is 0.976 bits per heavy atom. The second-order valence-electron chi connectivity index (χ2n) is 9.66. The fourth-order valence-corrected chi connectivity index (χ4v) is 7.53. The molecule has 10 nitrogen and oxygen atoms in total. The van der Waals surface area contributed by atoms with Crippen LogP contribution in [-0.4, -0.2) is 95.1 Å². The van der Waals surface area contributed by atoms with Crippen molar-refractivity contribution in [3.63, 3.8) is 0 Å². The highest BCUT2D eigenvalue weighted by atomic mass is 35.5. The van der Waals surface area contributed by atoms with Crippen LogP contribution in [0.5, 0.6) is 11.5 Å². The summed E-state index contributed by atoms with van der Waals surface area (Å²) in [5.74, 6) is 1.32. The number of hydrogen-bond donors (Lipinski definition) is 1. The van der Waals surface area contributed by atoms with Crippen LogP contribution in [0.2, 0.25) is 0 Å². The van der Waals surface area contributed by atoms with Crippen molar-refractivity contribution >= 4 is 55.0 Å². The van der Waals surface area contributed by atoms with E-state index in [0.29, 0.717) is 25.2 Å². The van der Waals surface area contributed by atoms with Crippen molar-refractivity contribution in [3.8, 4) is 11.5 Å². The highest BCUT2D eigenvalue weighted by Gasteiger charge is 2.24. The molecule has 1 fully saturated rings. The first-order valence-corrected chi connectivity index (χ1v) is 15.9.